The molecule has 0 aromatic carbocycles. The summed E-state index contributed by atoms with van der Waals surface area (Å²) in [7, 11) is 0. The molecule has 3 nitrogen and oxygen atoms in total. The summed E-state index contributed by atoms with van der Waals surface area (Å²) in [5, 5.41) is 0. The number of hydrogen-bond acceptors (Lipinski definition) is 3. The Balaban J connectivity index is 2.72. The van der Waals surface area contributed by atoms with Gasteiger partial charge in [-0.15, -0.1) is 0 Å². The summed E-state index contributed by atoms with van der Waals surface area (Å²) < 4.78 is 14.7. The van der Waals surface area contributed by atoms with Crippen LogP contribution in [0.5, 0.6) is 5.75 Å². The summed E-state index contributed by atoms with van der Waals surface area (Å²) in [6.45, 7) is 0. The Bertz CT molecular complexity index is 189. The van der Waals surface area contributed by atoms with Crippen molar-refractivity contribution in [3.05, 3.63) is 24.5 Å². The molecular weight excluding hydrogens is 181 g/mol. The van der Waals surface area contributed by atoms with Crippen molar-refractivity contribution in [3.8, 4) is 5.75 Å². The number of nitrogens with zero attached hydrogens (tertiary/aromatic N) is 1. The first kappa shape index (κ1) is 6.43. The first-order chi connectivity index (χ1) is 4.43. The van der Waals surface area contributed by atoms with Crippen LogP contribution < -0.4 is 3.73 Å². The zero-order valence-corrected chi connectivity index (χ0v) is 6.40. The molecule has 9 heavy (non-hydrogen) atoms. The predicted molar refractivity (Wildman–Crippen MR) is 31.3 cm³/mol. The van der Waals surface area contributed by atoms with Gasteiger partial charge in [-0.05, 0) is 0 Å². The summed E-state index contributed by atoms with van der Waals surface area (Å²) in [5.74, 6) is 0.611. The fourth-order valence-electron chi connectivity index (χ4n) is 0.442. The van der Waals surface area contributed by atoms with E-state index in [1.165, 1.54) is 0 Å². The van der Waals surface area contributed by atoms with Crippen molar-refractivity contribution >= 4 is 16.0 Å². The molecular formula is C5H4AsNO2. The molecule has 4 heteroatoms. The molecule has 0 amide bonds. The molecule has 0 saturated carbocycles. The summed E-state index contributed by atoms with van der Waals surface area (Å²) >= 11 is -1.23. The minimum atomic E-state index is -1.23. The van der Waals surface area contributed by atoms with Crippen LogP contribution in [0, 0.1) is 0 Å². The first-order valence-electron chi connectivity index (χ1n) is 2.33. The Labute approximate surface area is 59.3 Å². The van der Waals surface area contributed by atoms with E-state index in [4.69, 9.17) is 3.73 Å². The van der Waals surface area contributed by atoms with Gasteiger partial charge in [0, 0.05) is 0 Å². The fraction of sp³-hybridized carbons (Fsp3) is 0. The molecule has 0 N–H and O–H groups in total. The van der Waals surface area contributed by atoms with Crippen LogP contribution >= 0.6 is 0 Å². The van der Waals surface area contributed by atoms with E-state index in [0.29, 0.717) is 5.75 Å². The average molecular weight is 185 g/mol. The third-order valence-electron chi connectivity index (χ3n) is 0.792. The number of pyridine rings is 1. The Morgan fingerprint density at radius 1 is 1.44 bits per heavy atom. The zero-order valence-electron chi connectivity index (χ0n) is 4.52. The van der Waals surface area contributed by atoms with Crippen LogP contribution in [0.1, 0.15) is 0 Å². The maximum absolute atomic E-state index is 9.95. The summed E-state index contributed by atoms with van der Waals surface area (Å²) in [6.07, 6.45) is 3.18. The molecule has 1 aromatic heterocycles. The molecule has 0 saturated heterocycles. The van der Waals surface area contributed by atoms with Gasteiger partial charge in [0.15, 0.2) is 0 Å². The molecule has 0 aliphatic carbocycles. The van der Waals surface area contributed by atoms with Crippen LogP contribution in [0.3, 0.4) is 0 Å². The van der Waals surface area contributed by atoms with Gasteiger partial charge >= 0.3 is 58.8 Å². The number of rotatable bonds is 2. The molecule has 0 spiro atoms. The van der Waals surface area contributed by atoms with Crippen molar-refractivity contribution in [2.75, 3.05) is 0 Å². The molecule has 0 fully saturated rings. The van der Waals surface area contributed by atoms with Gasteiger partial charge in [0.2, 0.25) is 0 Å². The monoisotopic (exact) mass is 185 g/mol. The zero-order chi connectivity index (χ0) is 6.53. The molecule has 0 atom stereocenters. The minimum absolute atomic E-state index is 0.611. The average Bonchev–Trinajstić information content (AvgIpc) is 1.91. The number of aromatic nitrogens is 1. The van der Waals surface area contributed by atoms with Gasteiger partial charge < -0.3 is 0 Å². The van der Waals surface area contributed by atoms with Crippen molar-refractivity contribution in [3.63, 3.8) is 0 Å². The van der Waals surface area contributed by atoms with E-state index in [1.807, 2.05) is 0 Å². The molecule has 1 rings (SSSR count). The van der Waals surface area contributed by atoms with Crippen molar-refractivity contribution in [1.82, 2.24) is 4.98 Å². The van der Waals surface area contributed by atoms with Gasteiger partial charge in [-0.1, -0.05) is 0 Å². The van der Waals surface area contributed by atoms with E-state index < -0.39 is 16.0 Å². The number of hydrogen-bond donors (Lipinski definition) is 0. The van der Waals surface area contributed by atoms with E-state index in [-0.39, 0.29) is 0 Å². The molecule has 1 heterocycles. The molecule has 46 valence electrons. The van der Waals surface area contributed by atoms with Crippen LogP contribution in [0.15, 0.2) is 24.5 Å². The van der Waals surface area contributed by atoms with Gasteiger partial charge in [-0.25, -0.2) is 0 Å². The summed E-state index contributed by atoms with van der Waals surface area (Å²) in [4.78, 5) is 3.76. The molecule has 0 aliphatic rings. The Morgan fingerprint density at radius 3 is 2.67 bits per heavy atom. The third-order valence-corrected chi connectivity index (χ3v) is 1.39. The second-order valence-electron chi connectivity index (χ2n) is 1.35. The van der Waals surface area contributed by atoms with E-state index in [9.17, 15) is 3.74 Å². The van der Waals surface area contributed by atoms with E-state index in [0.717, 1.165) is 0 Å². The second kappa shape index (κ2) is 3.36. The molecule has 0 bridgehead atoms. The summed E-state index contributed by atoms with van der Waals surface area (Å²) in [6, 6.07) is 3.32. The normalized spacial score (nSPS) is 9.33. The van der Waals surface area contributed by atoms with E-state index in [2.05, 4.69) is 4.98 Å². The van der Waals surface area contributed by atoms with Crippen LogP contribution in [0.2, 0.25) is 0 Å². The van der Waals surface area contributed by atoms with Gasteiger partial charge in [-0.3, -0.25) is 0 Å². The van der Waals surface area contributed by atoms with Crippen molar-refractivity contribution in [2.45, 2.75) is 0 Å². The van der Waals surface area contributed by atoms with Gasteiger partial charge in [-0.2, -0.15) is 0 Å². The Hall–Kier alpha value is -0.692. The van der Waals surface area contributed by atoms with E-state index >= 15 is 0 Å². The maximum atomic E-state index is 9.95. The van der Waals surface area contributed by atoms with Gasteiger partial charge in [0.05, 0.1) is 0 Å². The van der Waals surface area contributed by atoms with Crippen LogP contribution in [0.4, 0.5) is 0 Å². The Morgan fingerprint density at radius 2 is 2.11 bits per heavy atom. The topological polar surface area (TPSA) is 39.2 Å². The standard InChI is InChI=1S/C5H4AsNO2/c8-6-9-5-1-3-7-4-2-5/h1-4H. The summed E-state index contributed by atoms with van der Waals surface area (Å²) in [5.41, 5.74) is 0. The molecule has 0 aliphatic heterocycles. The van der Waals surface area contributed by atoms with Crippen LogP contribution in [0.25, 0.3) is 0 Å². The van der Waals surface area contributed by atoms with Crippen molar-refractivity contribution in [1.29, 1.82) is 0 Å². The molecule has 0 radical (unpaired) electrons. The fourth-order valence-corrected chi connectivity index (χ4v) is 0.878. The van der Waals surface area contributed by atoms with E-state index in [1.54, 1.807) is 24.5 Å². The predicted octanol–water partition coefficient (Wildman–Crippen LogP) is 0.425. The van der Waals surface area contributed by atoms with Gasteiger partial charge in [0.25, 0.3) is 0 Å². The van der Waals surface area contributed by atoms with Crippen LogP contribution in [-0.4, -0.2) is 21.0 Å². The van der Waals surface area contributed by atoms with Gasteiger partial charge in [0.1, 0.15) is 0 Å². The third kappa shape index (κ3) is 1.94. The quantitative estimate of drug-likeness (QED) is 0.627. The molecule has 0 unspecified atom stereocenters. The van der Waals surface area contributed by atoms with Crippen molar-refractivity contribution < 1.29 is 7.47 Å². The first-order valence-corrected chi connectivity index (χ1v) is 3.86. The SMILES string of the molecule is O=[As]Oc1ccncc1. The Kier molecular flexibility index (Phi) is 2.40. The van der Waals surface area contributed by atoms with Crippen molar-refractivity contribution in [2.24, 2.45) is 0 Å². The molecule has 1 aromatic rings. The second-order valence-corrected chi connectivity index (χ2v) is 2.04. The van der Waals surface area contributed by atoms with Crippen LogP contribution in [-0.2, 0) is 3.74 Å².